The fraction of sp³-hybridized carbons (Fsp3) is 0. The fourth-order valence-corrected chi connectivity index (χ4v) is 6.70. The molecule has 6 rings (SSSR count). The Balaban J connectivity index is 0.00000286. The molecule has 3 N–H and O–H groups in total. The summed E-state index contributed by atoms with van der Waals surface area (Å²) in [5, 5.41) is 30.9. The van der Waals surface area contributed by atoms with E-state index >= 15 is 0 Å². The van der Waals surface area contributed by atoms with E-state index in [1.165, 1.54) is 66.7 Å². The predicted octanol–water partition coefficient (Wildman–Crippen LogP) is -9.10. The van der Waals surface area contributed by atoms with E-state index in [1.54, 1.807) is 6.07 Å². The summed E-state index contributed by atoms with van der Waals surface area (Å²) >= 11 is 0. The Hall–Kier alpha value is -2.55. The van der Waals surface area contributed by atoms with Crippen molar-refractivity contribution in [2.45, 2.75) is 14.7 Å². The van der Waals surface area contributed by atoms with Crippen LogP contribution in [0.15, 0.2) is 127 Å². The van der Waals surface area contributed by atoms with Gasteiger partial charge in [-0.3, -0.25) is 11.5 Å². The molecule has 1 aliphatic rings. The molecule has 0 fully saturated rings. The summed E-state index contributed by atoms with van der Waals surface area (Å²) in [5.41, 5.74) is 3.03. The first kappa shape index (κ1) is 59.5. The first-order valence-electron chi connectivity index (χ1n) is 14.9. The van der Waals surface area contributed by atoms with E-state index in [0.29, 0.717) is 5.56 Å². The van der Waals surface area contributed by atoms with Crippen LogP contribution in [0.1, 0.15) is 11.1 Å². The van der Waals surface area contributed by atoms with Gasteiger partial charge >= 0.3 is 150 Å². The number of hydrazone groups is 1. The van der Waals surface area contributed by atoms with Gasteiger partial charge in [0.05, 0.1) is 32.2 Å². The number of hydrogen-bond acceptors (Lipinski definition) is 21. The molecule has 5 aromatic rings. The van der Waals surface area contributed by atoms with Crippen molar-refractivity contribution >= 4 is 90.8 Å². The average molecular weight is 982 g/mol. The van der Waals surface area contributed by atoms with Crippen molar-refractivity contribution in [1.29, 1.82) is 5.41 Å². The number of fused-ring (bicyclic) bond motifs is 2. The standard InChI is InChI=1S/C32H21N5O10S3.4Na.2O3S/c33-32-27(14-9-19-5-4-8-28(38)30(19)32)37-36-26-16-15-25(35-34-20-10-12-21(13-11-20)48(39,40)41)24-17-23(49(42,43)44)18-29(31(24)26)47-50(45,46)22-6-2-1-3-7-22;;;;;2*1-4(2)3/h1-3,5-8,10-18,33,36,38H,(H,39,40,41)(H,42,43,44);;;;;;/q-2;4*+1;;/p-2. The molecule has 0 heterocycles. The van der Waals surface area contributed by atoms with E-state index in [9.17, 15) is 39.5 Å². The van der Waals surface area contributed by atoms with Gasteiger partial charge in [0.15, 0.2) is 5.75 Å². The van der Waals surface area contributed by atoms with E-state index in [0.717, 1.165) is 24.3 Å². The summed E-state index contributed by atoms with van der Waals surface area (Å²) in [6.07, 6.45) is 4.24. The van der Waals surface area contributed by atoms with Crippen molar-refractivity contribution in [1.82, 2.24) is 0 Å². The summed E-state index contributed by atoms with van der Waals surface area (Å²) in [6, 6.07) is 21.2. The number of benzene rings is 5. The van der Waals surface area contributed by atoms with Gasteiger partial charge in [0.1, 0.15) is 25.1 Å². The minimum absolute atomic E-state index is 0. The maximum Gasteiger partial charge on any atom is 1.00 e. The van der Waals surface area contributed by atoms with Crippen molar-refractivity contribution in [2.24, 2.45) is 15.3 Å². The smallest absolute Gasteiger partial charge is 0.744 e. The minimum atomic E-state index is -5.22. The van der Waals surface area contributed by atoms with Crippen LogP contribution in [0, 0.1) is 17.6 Å². The molecule has 5 aromatic carbocycles. The van der Waals surface area contributed by atoms with Gasteiger partial charge in [-0.25, -0.2) is 39.6 Å². The third-order valence-electron chi connectivity index (χ3n) is 7.09. The number of hydrogen-bond donors (Lipinski definition) is 3. The first-order chi connectivity index (χ1) is 27.1. The van der Waals surface area contributed by atoms with E-state index in [2.05, 4.69) is 32.9 Å². The first-order valence-corrected chi connectivity index (χ1v) is 21.1. The maximum absolute atomic E-state index is 13.3. The summed E-state index contributed by atoms with van der Waals surface area (Å²) in [5.74, 6) is -0.844. The van der Waals surface area contributed by atoms with Crippen molar-refractivity contribution in [3.63, 3.8) is 0 Å². The Morgan fingerprint density at radius 2 is 1.27 bits per heavy atom. The molecule has 302 valence electrons. The van der Waals surface area contributed by atoms with Crippen LogP contribution in [0.3, 0.4) is 0 Å². The van der Waals surface area contributed by atoms with E-state index < -0.39 is 67.1 Å². The number of anilines is 1. The number of phenols is 1. The molecule has 0 aliphatic heterocycles. The summed E-state index contributed by atoms with van der Waals surface area (Å²) < 4.78 is 153. The Morgan fingerprint density at radius 3 is 1.82 bits per heavy atom. The number of phenolic OH excluding ortho intramolecular Hbond substituents is 1. The van der Waals surface area contributed by atoms with Crippen LogP contribution in [0.4, 0.5) is 17.1 Å². The third kappa shape index (κ3) is 16.8. The second-order valence-corrected chi connectivity index (χ2v) is 15.9. The number of nitrogens with zero attached hydrogens (tertiary/aromatic N) is 3. The molecule has 0 aromatic heterocycles. The second kappa shape index (κ2) is 25.8. The maximum atomic E-state index is 13.3. The number of nitrogens with one attached hydrogen (secondary N) is 2. The van der Waals surface area contributed by atoms with E-state index in [1.807, 2.05) is 0 Å². The van der Waals surface area contributed by atoms with Crippen LogP contribution in [-0.4, -0.2) is 76.1 Å². The van der Waals surface area contributed by atoms with Crippen LogP contribution < -0.4 is 128 Å². The van der Waals surface area contributed by atoms with Crippen LogP contribution >= 0.6 is 0 Å². The van der Waals surface area contributed by atoms with Crippen molar-refractivity contribution < 1.29 is 187 Å². The number of allylic oxidation sites excluding steroid dienone is 1. The summed E-state index contributed by atoms with van der Waals surface area (Å²) in [4.78, 5) is -1.67. The van der Waals surface area contributed by atoms with Crippen molar-refractivity contribution in [3.8, 4) is 11.5 Å². The van der Waals surface area contributed by atoms with Gasteiger partial charge in [0, 0.05) is 17.2 Å². The monoisotopic (exact) mass is 981 g/mol. The molecule has 0 radical (unpaired) electrons. The zero-order chi connectivity index (χ0) is 43.0. The van der Waals surface area contributed by atoms with Gasteiger partial charge in [-0.05, 0) is 66.1 Å². The Morgan fingerprint density at radius 1 is 0.710 bits per heavy atom. The molecule has 0 spiro atoms. The van der Waals surface area contributed by atoms with Gasteiger partial charge in [0.25, 0.3) is 0 Å². The Labute approximate surface area is 444 Å². The van der Waals surface area contributed by atoms with Gasteiger partial charge in [-0.15, -0.1) is 36.4 Å². The number of rotatable bonds is 9. The largest absolute Gasteiger partial charge is 1.00 e. The molecule has 0 saturated carbocycles. The normalized spacial score (nSPS) is 12.3. The molecule has 21 nitrogen and oxygen atoms in total. The Bertz CT molecular complexity index is 3090. The third-order valence-corrected chi connectivity index (χ3v) is 10.00. The molecule has 0 amide bonds. The van der Waals surface area contributed by atoms with Crippen LogP contribution in [-0.2, 0) is 51.6 Å². The van der Waals surface area contributed by atoms with Crippen molar-refractivity contribution in [2.75, 3.05) is 5.43 Å². The van der Waals surface area contributed by atoms with Crippen LogP contribution in [0.25, 0.3) is 10.8 Å². The molecule has 0 atom stereocenters. The zero-order valence-corrected chi connectivity index (χ0v) is 44.3. The zero-order valence-electron chi connectivity index (χ0n) is 32.2. The molecule has 0 unspecified atom stereocenters. The summed E-state index contributed by atoms with van der Waals surface area (Å²) in [6.45, 7) is 0. The van der Waals surface area contributed by atoms with Gasteiger partial charge in [-0.1, -0.05) is 18.2 Å². The number of azo groups is 1. The number of aromatic hydroxyl groups is 1. The van der Waals surface area contributed by atoms with Gasteiger partial charge < -0.3 is 23.8 Å². The van der Waals surface area contributed by atoms with Gasteiger partial charge in [0.2, 0.25) is 0 Å². The van der Waals surface area contributed by atoms with Crippen LogP contribution in [0.5, 0.6) is 11.5 Å². The molecule has 1 aliphatic carbocycles. The predicted molar refractivity (Wildman–Crippen MR) is 196 cm³/mol. The quantitative estimate of drug-likeness (QED) is 0.0308. The molecular formula is C32H19N5Na4O16S5. The molecule has 62 heavy (non-hydrogen) atoms. The molecule has 30 heteroatoms. The van der Waals surface area contributed by atoms with Crippen LogP contribution in [0.2, 0.25) is 0 Å². The Kier molecular flexibility index (Phi) is 24.8. The molecule has 0 saturated heterocycles. The summed E-state index contributed by atoms with van der Waals surface area (Å²) in [7, 11) is -20.8. The molecule has 0 bridgehead atoms. The van der Waals surface area contributed by atoms with E-state index in [-0.39, 0.29) is 174 Å². The van der Waals surface area contributed by atoms with Gasteiger partial charge in [-0.2, -0.15) is 25.2 Å². The molecular weight excluding hydrogens is 963 g/mol. The fourth-order valence-electron chi connectivity index (χ4n) is 4.76. The van der Waals surface area contributed by atoms with Crippen molar-refractivity contribution in [3.05, 3.63) is 120 Å². The second-order valence-electron chi connectivity index (χ2n) is 10.7. The average Bonchev–Trinajstić information content (AvgIpc) is 3.13. The minimum Gasteiger partial charge on any atom is -0.744 e. The topological polar surface area (TPSA) is 353 Å². The SMILES string of the molecule is N=C1C(=NNc2ccc(N=Nc3ccc(S(=O)(=O)[O-])cc3)c3cc(S(=O)(=O)[O-])cc(OS(=O)(=O)c4ccccc4)c23)C=[C-]c2c[c-]cc(O)c21.O=S(=O)=O.O=S(=O)=O.[Na+].[Na+].[Na+].[Na+]. The van der Waals surface area contributed by atoms with E-state index in [4.69, 9.17) is 34.8 Å².